The van der Waals surface area contributed by atoms with E-state index in [2.05, 4.69) is 0 Å². The number of carbonyl (C=O) groups excluding carboxylic acids is 5. The number of likely N-dealkylation sites (tertiary alicyclic amines) is 1. The number of ketones is 1. The van der Waals surface area contributed by atoms with Crippen molar-refractivity contribution in [2.45, 2.75) is 51.0 Å². The minimum Gasteiger partial charge on any atom is -0.456 e. The van der Waals surface area contributed by atoms with Gasteiger partial charge in [-0.05, 0) is 72.0 Å². The number of hydrogen-bond donors (Lipinski definition) is 0. The molecule has 4 aromatic rings. The summed E-state index contributed by atoms with van der Waals surface area (Å²) in [7, 11) is 0. The molecule has 0 aromatic heterocycles. The van der Waals surface area contributed by atoms with Crippen molar-refractivity contribution >= 4 is 29.5 Å². The first-order valence-corrected chi connectivity index (χ1v) is 16.4. The number of Topliss-reactive ketones (excluding diaryl/α,β-unsaturated/α-hetero) is 1. The third-order valence-electron chi connectivity index (χ3n) is 9.92. The molecule has 8 rings (SSSR count). The van der Waals surface area contributed by atoms with E-state index in [0.29, 0.717) is 12.0 Å². The molecule has 1 fully saturated rings. The SMILES string of the molecule is CCCCC(C(=O)OCC(=O)c1ccc(OC(=O)c2ccc(C)cc2)cc1)N1C(=O)C2C3c4ccccc4C(c4ccccc43)C2C1=O. The summed E-state index contributed by atoms with van der Waals surface area (Å²) >= 11 is 0. The van der Waals surface area contributed by atoms with Crippen LogP contribution in [-0.4, -0.2) is 47.1 Å². The van der Waals surface area contributed by atoms with Crippen LogP contribution in [0.1, 0.15) is 86.6 Å². The van der Waals surface area contributed by atoms with E-state index in [-0.39, 0.29) is 41.4 Å². The van der Waals surface area contributed by atoms with Gasteiger partial charge >= 0.3 is 11.9 Å². The maximum atomic E-state index is 14.2. The van der Waals surface area contributed by atoms with E-state index in [9.17, 15) is 24.0 Å². The van der Waals surface area contributed by atoms with Crippen LogP contribution in [0.2, 0.25) is 0 Å². The third kappa shape index (κ3) is 5.31. The molecule has 4 aliphatic rings. The van der Waals surface area contributed by atoms with Gasteiger partial charge in [0, 0.05) is 17.4 Å². The quantitative estimate of drug-likeness (QED) is 0.0855. The number of nitrogens with zero attached hydrogens (tertiary/aromatic N) is 1. The zero-order valence-electron chi connectivity index (χ0n) is 26.8. The molecule has 8 heteroatoms. The molecule has 8 nitrogen and oxygen atoms in total. The van der Waals surface area contributed by atoms with Crippen molar-refractivity contribution in [3.8, 4) is 5.75 Å². The molecular weight excluding hydrogens is 606 g/mol. The summed E-state index contributed by atoms with van der Waals surface area (Å²) in [6.45, 7) is 3.33. The summed E-state index contributed by atoms with van der Waals surface area (Å²) in [5.74, 6) is -3.99. The number of imide groups is 1. The van der Waals surface area contributed by atoms with Crippen molar-refractivity contribution in [2.24, 2.45) is 11.8 Å². The number of esters is 2. The van der Waals surface area contributed by atoms with Gasteiger partial charge in [0.05, 0.1) is 17.4 Å². The molecule has 242 valence electrons. The summed E-state index contributed by atoms with van der Waals surface area (Å²) in [6, 6.07) is 27.8. The molecule has 0 spiro atoms. The summed E-state index contributed by atoms with van der Waals surface area (Å²) in [5.41, 5.74) is 5.90. The molecule has 1 heterocycles. The predicted molar refractivity (Wildman–Crippen MR) is 177 cm³/mol. The highest BCUT2D eigenvalue weighted by Gasteiger charge is 2.63. The Bertz CT molecular complexity index is 1810. The fraction of sp³-hybridized carbons (Fsp3) is 0.275. The van der Waals surface area contributed by atoms with Crippen molar-refractivity contribution in [3.63, 3.8) is 0 Å². The van der Waals surface area contributed by atoms with E-state index in [0.717, 1.165) is 39.1 Å². The predicted octanol–water partition coefficient (Wildman–Crippen LogP) is 6.39. The lowest BCUT2D eigenvalue weighted by atomic mass is 9.55. The van der Waals surface area contributed by atoms with Gasteiger partial charge in [-0.2, -0.15) is 0 Å². The Labute approximate surface area is 278 Å². The van der Waals surface area contributed by atoms with Crippen molar-refractivity contribution in [1.29, 1.82) is 0 Å². The molecule has 3 unspecified atom stereocenters. The Kier molecular flexibility index (Phi) is 8.25. The standard InChI is InChI=1S/C40H35NO7/c1-3-4-13-31(40(46)47-22-32(42)24-18-20-26(21-19-24)48-39(45)25-16-14-23(2)15-17-25)41-37(43)35-33-27-9-5-6-10-28(27)34(36(35)38(41)44)30-12-8-7-11-29(30)33/h5-12,14-21,31,33-36H,3-4,13,22H2,1-2H3. The highest BCUT2D eigenvalue weighted by molar-refractivity contribution is 6.10. The first-order valence-electron chi connectivity index (χ1n) is 16.4. The third-order valence-corrected chi connectivity index (χ3v) is 9.92. The largest absolute Gasteiger partial charge is 0.456 e. The van der Waals surface area contributed by atoms with Gasteiger partial charge in [-0.1, -0.05) is 86.0 Å². The number of rotatable bonds is 10. The zero-order chi connectivity index (χ0) is 33.5. The summed E-state index contributed by atoms with van der Waals surface area (Å²) in [6.07, 6.45) is 1.58. The molecule has 0 N–H and O–H groups in total. The Hall–Kier alpha value is -5.37. The van der Waals surface area contributed by atoms with Gasteiger partial charge in [0.15, 0.2) is 12.4 Å². The Morgan fingerprint density at radius 2 is 1.21 bits per heavy atom. The molecule has 2 amide bonds. The van der Waals surface area contributed by atoms with Crippen molar-refractivity contribution < 1.29 is 33.4 Å². The fourth-order valence-corrected chi connectivity index (χ4v) is 7.64. The number of hydrogen-bond acceptors (Lipinski definition) is 7. The molecule has 1 saturated heterocycles. The normalized spacial score (nSPS) is 20.8. The lowest BCUT2D eigenvalue weighted by Crippen LogP contribution is -2.46. The molecule has 2 bridgehead atoms. The van der Waals surface area contributed by atoms with Crippen LogP contribution in [0.4, 0.5) is 0 Å². The zero-order valence-corrected chi connectivity index (χ0v) is 26.8. The second kappa shape index (κ2) is 12.7. The minimum absolute atomic E-state index is 0.247. The van der Waals surface area contributed by atoms with Crippen LogP contribution in [0.3, 0.4) is 0 Å². The maximum Gasteiger partial charge on any atom is 0.343 e. The molecule has 0 radical (unpaired) electrons. The summed E-state index contributed by atoms with van der Waals surface area (Å²) < 4.78 is 10.9. The molecule has 1 aliphatic heterocycles. The maximum absolute atomic E-state index is 14.2. The average molecular weight is 642 g/mol. The van der Waals surface area contributed by atoms with Crippen LogP contribution in [-0.2, 0) is 19.1 Å². The first kappa shape index (κ1) is 31.2. The lowest BCUT2D eigenvalue weighted by Gasteiger charge is -2.45. The van der Waals surface area contributed by atoms with Gasteiger partial charge in [0.2, 0.25) is 11.8 Å². The molecule has 3 aliphatic carbocycles. The lowest BCUT2D eigenvalue weighted by molar-refractivity contribution is -0.158. The van der Waals surface area contributed by atoms with Gasteiger partial charge in [-0.15, -0.1) is 0 Å². The van der Waals surface area contributed by atoms with E-state index in [1.165, 1.54) is 24.3 Å². The summed E-state index contributed by atoms with van der Waals surface area (Å²) in [5, 5.41) is 0. The number of unbranched alkanes of at least 4 members (excludes halogenated alkanes) is 1. The topological polar surface area (TPSA) is 107 Å². The van der Waals surface area contributed by atoms with Crippen molar-refractivity contribution in [2.75, 3.05) is 6.61 Å². The second-order valence-electron chi connectivity index (χ2n) is 12.8. The van der Waals surface area contributed by atoms with E-state index < -0.39 is 42.2 Å². The highest BCUT2D eigenvalue weighted by atomic mass is 16.5. The number of ether oxygens (including phenoxy) is 2. The molecule has 4 aromatic carbocycles. The Morgan fingerprint density at radius 3 is 1.71 bits per heavy atom. The van der Waals surface area contributed by atoms with Crippen molar-refractivity contribution in [1.82, 2.24) is 4.90 Å². The van der Waals surface area contributed by atoms with Gasteiger partial charge in [-0.25, -0.2) is 9.59 Å². The molecular formula is C40H35NO7. The van der Waals surface area contributed by atoms with Gasteiger partial charge in [0.1, 0.15) is 11.8 Å². The molecule has 48 heavy (non-hydrogen) atoms. The Morgan fingerprint density at radius 1 is 0.708 bits per heavy atom. The van der Waals surface area contributed by atoms with E-state index in [1.807, 2.05) is 74.5 Å². The van der Waals surface area contributed by atoms with Crippen LogP contribution < -0.4 is 4.74 Å². The second-order valence-corrected chi connectivity index (χ2v) is 12.8. The monoisotopic (exact) mass is 641 g/mol. The van der Waals surface area contributed by atoms with Gasteiger partial charge < -0.3 is 9.47 Å². The van der Waals surface area contributed by atoms with Gasteiger partial charge in [0.25, 0.3) is 0 Å². The molecule has 0 saturated carbocycles. The van der Waals surface area contributed by atoms with E-state index >= 15 is 0 Å². The smallest absolute Gasteiger partial charge is 0.343 e. The van der Waals surface area contributed by atoms with Crippen molar-refractivity contribution in [3.05, 3.63) is 136 Å². The van der Waals surface area contributed by atoms with Gasteiger partial charge in [-0.3, -0.25) is 19.3 Å². The fourth-order valence-electron chi connectivity index (χ4n) is 7.64. The number of amides is 2. The average Bonchev–Trinajstić information content (AvgIpc) is 3.37. The van der Waals surface area contributed by atoms with E-state index in [4.69, 9.17) is 9.47 Å². The van der Waals surface area contributed by atoms with Crippen LogP contribution in [0, 0.1) is 18.8 Å². The first-order chi connectivity index (χ1) is 23.3. The number of aryl methyl sites for hydroxylation is 1. The molecule has 3 atom stereocenters. The highest BCUT2D eigenvalue weighted by Crippen LogP contribution is 2.61. The van der Waals surface area contributed by atoms with Crippen LogP contribution in [0.25, 0.3) is 0 Å². The number of benzene rings is 4. The van der Waals surface area contributed by atoms with Crippen LogP contribution >= 0.6 is 0 Å². The summed E-state index contributed by atoms with van der Waals surface area (Å²) in [4.78, 5) is 68.8. The van der Waals surface area contributed by atoms with E-state index in [1.54, 1.807) is 12.1 Å². The van der Waals surface area contributed by atoms with Crippen LogP contribution in [0.15, 0.2) is 97.1 Å². The van der Waals surface area contributed by atoms with Crippen LogP contribution in [0.5, 0.6) is 5.75 Å². The number of carbonyl (C=O) groups is 5. The minimum atomic E-state index is -1.13. The Balaban J connectivity index is 1.06.